The number of phenols is 1. The van der Waals surface area contributed by atoms with E-state index in [9.17, 15) is 14.3 Å². The van der Waals surface area contributed by atoms with Crippen LogP contribution in [0.25, 0.3) is 11.1 Å². The molecule has 4 rings (SSSR count). The zero-order valence-electron chi connectivity index (χ0n) is 16.7. The molecule has 0 aliphatic heterocycles. The van der Waals surface area contributed by atoms with E-state index in [4.69, 9.17) is 9.15 Å². The third kappa shape index (κ3) is 4.43. The van der Waals surface area contributed by atoms with E-state index in [-0.39, 0.29) is 23.1 Å². The minimum absolute atomic E-state index is 0.00566. The number of benzene rings is 3. The first-order valence-corrected chi connectivity index (χ1v) is 9.62. The van der Waals surface area contributed by atoms with E-state index in [0.29, 0.717) is 22.6 Å². The van der Waals surface area contributed by atoms with Gasteiger partial charge in [-0.2, -0.15) is 0 Å². The van der Waals surface area contributed by atoms with E-state index >= 15 is 0 Å². The van der Waals surface area contributed by atoms with Crippen LogP contribution in [-0.4, -0.2) is 18.0 Å². The largest absolute Gasteiger partial charge is 0.508 e. The molecule has 4 aromatic rings. The third-order valence-corrected chi connectivity index (χ3v) is 4.88. The second-order valence-electron chi connectivity index (χ2n) is 6.94. The van der Waals surface area contributed by atoms with E-state index in [2.05, 4.69) is 5.32 Å². The van der Waals surface area contributed by atoms with Crippen molar-refractivity contribution in [3.8, 4) is 22.6 Å². The maximum atomic E-state index is 13.6. The summed E-state index contributed by atoms with van der Waals surface area (Å²) < 4.78 is 24.1. The lowest BCUT2D eigenvalue weighted by molar-refractivity contribution is 0.0943. The predicted molar refractivity (Wildman–Crippen MR) is 116 cm³/mol. The summed E-state index contributed by atoms with van der Waals surface area (Å²) in [6.07, 6.45) is 1.44. The highest BCUT2D eigenvalue weighted by Gasteiger charge is 2.27. The van der Waals surface area contributed by atoms with Crippen molar-refractivity contribution in [1.29, 1.82) is 0 Å². The Bertz CT molecular complexity index is 1190. The number of methoxy groups -OCH3 is 1. The van der Waals surface area contributed by atoms with Gasteiger partial charge >= 0.3 is 0 Å². The molecule has 1 heterocycles. The van der Waals surface area contributed by atoms with Crippen molar-refractivity contribution < 1.29 is 23.4 Å². The first-order chi connectivity index (χ1) is 15.0. The van der Waals surface area contributed by atoms with E-state index < -0.39 is 6.04 Å². The lowest BCUT2D eigenvalue weighted by atomic mass is 9.96. The average Bonchev–Trinajstić information content (AvgIpc) is 3.27. The van der Waals surface area contributed by atoms with Gasteiger partial charge < -0.3 is 19.6 Å². The number of carbonyl (C=O) groups excluding carboxylic acids is 1. The summed E-state index contributed by atoms with van der Waals surface area (Å²) in [6, 6.07) is 20.6. The number of rotatable bonds is 7. The van der Waals surface area contributed by atoms with Gasteiger partial charge in [0.2, 0.25) is 5.78 Å². The highest BCUT2D eigenvalue weighted by Crippen LogP contribution is 2.33. The summed E-state index contributed by atoms with van der Waals surface area (Å²) in [6.45, 7) is 0. The fraction of sp³-hybridized carbons (Fsp3) is 0.0800. The Labute approximate surface area is 178 Å². The molecule has 3 aromatic carbocycles. The average molecular weight is 417 g/mol. The number of aromatic hydroxyl groups is 1. The van der Waals surface area contributed by atoms with Gasteiger partial charge in [0, 0.05) is 29.4 Å². The van der Waals surface area contributed by atoms with Crippen LogP contribution in [0, 0.1) is 5.82 Å². The Morgan fingerprint density at radius 2 is 1.77 bits per heavy atom. The van der Waals surface area contributed by atoms with E-state index in [0.717, 1.165) is 5.56 Å². The Morgan fingerprint density at radius 3 is 2.48 bits per heavy atom. The van der Waals surface area contributed by atoms with Gasteiger partial charge in [-0.3, -0.25) is 4.79 Å². The number of ether oxygens (including phenoxy) is 1. The number of Topliss-reactive ketones (excluding diaryl/α,β-unsaturated/α-hetero) is 1. The molecule has 0 fully saturated rings. The molecule has 0 amide bonds. The second-order valence-corrected chi connectivity index (χ2v) is 6.94. The van der Waals surface area contributed by atoms with Crippen LogP contribution in [-0.2, 0) is 0 Å². The summed E-state index contributed by atoms with van der Waals surface area (Å²) in [4.78, 5) is 13.6. The summed E-state index contributed by atoms with van der Waals surface area (Å²) in [5, 5.41) is 13.2. The first-order valence-electron chi connectivity index (χ1n) is 9.62. The molecule has 156 valence electrons. The smallest absolute Gasteiger partial charge is 0.225 e. The molecule has 0 radical (unpaired) electrons. The summed E-state index contributed by atoms with van der Waals surface area (Å²) in [5.74, 6) is -0.0578. The van der Waals surface area contributed by atoms with Crippen LogP contribution in [0.3, 0.4) is 0 Å². The SMILES string of the molecule is COc1cc(O)cc(NC(C(=O)c2occc2-c2ccc(F)cc2)c2ccccc2)c1. The van der Waals surface area contributed by atoms with Crippen LogP contribution in [0.1, 0.15) is 22.2 Å². The number of hydrogen-bond acceptors (Lipinski definition) is 5. The van der Waals surface area contributed by atoms with Crippen LogP contribution in [0.5, 0.6) is 11.5 Å². The fourth-order valence-corrected chi connectivity index (χ4v) is 3.38. The molecule has 0 bridgehead atoms. The Morgan fingerprint density at radius 1 is 1.03 bits per heavy atom. The number of ketones is 1. The van der Waals surface area contributed by atoms with Crippen molar-refractivity contribution in [2.45, 2.75) is 6.04 Å². The van der Waals surface area contributed by atoms with E-state index in [1.165, 1.54) is 37.6 Å². The maximum absolute atomic E-state index is 13.6. The summed E-state index contributed by atoms with van der Waals surface area (Å²) in [7, 11) is 1.50. The van der Waals surface area contributed by atoms with Gasteiger partial charge in [-0.25, -0.2) is 4.39 Å². The lowest BCUT2D eigenvalue weighted by Gasteiger charge is -2.20. The molecule has 5 nitrogen and oxygen atoms in total. The quantitative estimate of drug-likeness (QED) is 0.370. The number of phenolic OH excluding ortho intramolecular Hbond substituents is 1. The fourth-order valence-electron chi connectivity index (χ4n) is 3.38. The number of anilines is 1. The van der Waals surface area contributed by atoms with Crippen molar-refractivity contribution in [1.82, 2.24) is 0 Å². The van der Waals surface area contributed by atoms with Gasteiger partial charge in [0.15, 0.2) is 5.76 Å². The van der Waals surface area contributed by atoms with Gasteiger partial charge in [-0.05, 0) is 29.3 Å². The molecular weight excluding hydrogens is 397 g/mol. The molecule has 2 N–H and O–H groups in total. The second kappa shape index (κ2) is 8.75. The molecule has 1 unspecified atom stereocenters. The number of carbonyl (C=O) groups is 1. The van der Waals surface area contributed by atoms with E-state index in [1.54, 1.807) is 24.3 Å². The van der Waals surface area contributed by atoms with Crippen LogP contribution in [0.4, 0.5) is 10.1 Å². The van der Waals surface area contributed by atoms with Crippen LogP contribution in [0.15, 0.2) is 89.5 Å². The number of nitrogens with one attached hydrogen (secondary N) is 1. The maximum Gasteiger partial charge on any atom is 0.225 e. The first kappa shape index (κ1) is 20.2. The predicted octanol–water partition coefficient (Wildman–Crippen LogP) is 5.84. The summed E-state index contributed by atoms with van der Waals surface area (Å²) >= 11 is 0. The normalized spacial score (nSPS) is 11.7. The minimum Gasteiger partial charge on any atom is -0.508 e. The topological polar surface area (TPSA) is 71.7 Å². The van der Waals surface area contributed by atoms with Crippen LogP contribution >= 0.6 is 0 Å². The lowest BCUT2D eigenvalue weighted by Crippen LogP contribution is -2.21. The molecule has 31 heavy (non-hydrogen) atoms. The van der Waals surface area contributed by atoms with Crippen molar-refractivity contribution in [3.63, 3.8) is 0 Å². The highest BCUT2D eigenvalue weighted by molar-refractivity contribution is 6.05. The van der Waals surface area contributed by atoms with Crippen LogP contribution in [0.2, 0.25) is 0 Å². The molecule has 0 aliphatic carbocycles. The van der Waals surface area contributed by atoms with E-state index in [1.807, 2.05) is 30.3 Å². The number of furan rings is 1. The molecule has 0 spiro atoms. The van der Waals surface area contributed by atoms with Crippen LogP contribution < -0.4 is 10.1 Å². The molecule has 0 aliphatic rings. The molecule has 1 atom stereocenters. The number of hydrogen-bond donors (Lipinski definition) is 2. The Balaban J connectivity index is 1.74. The zero-order valence-corrected chi connectivity index (χ0v) is 16.7. The standard InChI is InChI=1S/C25H20FNO4/c1-30-21-14-19(13-20(28)15-21)27-23(17-5-3-2-4-6-17)24(29)25-22(11-12-31-25)16-7-9-18(26)10-8-16/h2-15,23,27-28H,1H3. The van der Waals surface area contributed by atoms with Crippen molar-refractivity contribution >= 4 is 11.5 Å². The number of halogens is 1. The van der Waals surface area contributed by atoms with Gasteiger partial charge in [-0.1, -0.05) is 42.5 Å². The summed E-state index contributed by atoms with van der Waals surface area (Å²) in [5.41, 5.74) is 2.47. The minimum atomic E-state index is -0.793. The molecule has 0 saturated heterocycles. The third-order valence-electron chi connectivity index (χ3n) is 4.88. The van der Waals surface area contributed by atoms with Gasteiger partial charge in [0.25, 0.3) is 0 Å². The molecule has 6 heteroatoms. The highest BCUT2D eigenvalue weighted by atomic mass is 19.1. The monoisotopic (exact) mass is 417 g/mol. The van der Waals surface area contributed by atoms with Gasteiger partial charge in [0.1, 0.15) is 23.4 Å². The Kier molecular flexibility index (Phi) is 5.71. The van der Waals surface area contributed by atoms with Crippen molar-refractivity contribution in [2.24, 2.45) is 0 Å². The van der Waals surface area contributed by atoms with Crippen molar-refractivity contribution in [3.05, 3.63) is 102 Å². The van der Waals surface area contributed by atoms with Gasteiger partial charge in [-0.15, -0.1) is 0 Å². The molecule has 0 saturated carbocycles. The molecular formula is C25H20FNO4. The van der Waals surface area contributed by atoms with Crippen molar-refractivity contribution in [2.75, 3.05) is 12.4 Å². The Hall–Kier alpha value is -4.06. The van der Waals surface area contributed by atoms with Gasteiger partial charge in [0.05, 0.1) is 13.4 Å². The molecule has 1 aromatic heterocycles. The zero-order chi connectivity index (χ0) is 21.8.